The van der Waals surface area contributed by atoms with Gasteiger partial charge in [-0.1, -0.05) is 19.0 Å². The van der Waals surface area contributed by atoms with Gasteiger partial charge in [-0.25, -0.2) is 4.98 Å². The van der Waals surface area contributed by atoms with Crippen LogP contribution in [0.5, 0.6) is 0 Å². The zero-order valence-corrected chi connectivity index (χ0v) is 12.7. The minimum absolute atomic E-state index is 0.137. The lowest BCUT2D eigenvalue weighted by Crippen LogP contribution is -2.27. The first-order valence-electron chi connectivity index (χ1n) is 7.15. The van der Waals surface area contributed by atoms with Crippen molar-refractivity contribution in [2.24, 2.45) is 22.7 Å². The number of aromatic nitrogens is 1. The summed E-state index contributed by atoms with van der Waals surface area (Å²) in [4.78, 5) is 6.89. The third-order valence-electron chi connectivity index (χ3n) is 4.16. The van der Waals surface area contributed by atoms with E-state index in [2.05, 4.69) is 28.9 Å². The summed E-state index contributed by atoms with van der Waals surface area (Å²) in [6.45, 7) is 10.4. The molecule has 0 aliphatic carbocycles. The summed E-state index contributed by atoms with van der Waals surface area (Å²) in [5.41, 5.74) is 8.55. The van der Waals surface area contributed by atoms with E-state index in [1.165, 1.54) is 6.42 Å². The average Bonchev–Trinajstić information content (AvgIpc) is 2.86. The molecule has 0 bridgehead atoms. The van der Waals surface area contributed by atoms with Crippen molar-refractivity contribution in [3.63, 3.8) is 0 Å². The monoisotopic (exact) mass is 276 g/mol. The summed E-state index contributed by atoms with van der Waals surface area (Å²) in [5.74, 6) is 2.33. The molecule has 0 amide bonds. The molecule has 110 valence electrons. The molecule has 1 fully saturated rings. The molecule has 1 aliphatic rings. The molecule has 2 heterocycles. The molecule has 1 atom stereocenters. The predicted octanol–water partition coefficient (Wildman–Crippen LogP) is 2.28. The van der Waals surface area contributed by atoms with E-state index >= 15 is 0 Å². The van der Waals surface area contributed by atoms with Crippen molar-refractivity contribution in [2.45, 2.75) is 34.1 Å². The topological polar surface area (TPSA) is 74.7 Å². The van der Waals surface area contributed by atoms with Crippen LogP contribution in [0.1, 0.15) is 37.1 Å². The fraction of sp³-hybridized carbons (Fsp3) is 0.600. The molecule has 5 heteroatoms. The molecular formula is C15H24N4O. The molecule has 5 nitrogen and oxygen atoms in total. The first-order valence-corrected chi connectivity index (χ1v) is 7.15. The van der Waals surface area contributed by atoms with Crippen LogP contribution in [0.3, 0.4) is 0 Å². The molecular weight excluding hydrogens is 252 g/mol. The molecule has 0 aromatic carbocycles. The Morgan fingerprint density at radius 1 is 1.50 bits per heavy atom. The first kappa shape index (κ1) is 14.6. The second-order valence-electron chi connectivity index (χ2n) is 6.00. The van der Waals surface area contributed by atoms with E-state index in [9.17, 15) is 0 Å². The van der Waals surface area contributed by atoms with E-state index in [1.807, 2.05) is 19.9 Å². The minimum atomic E-state index is 0.137. The predicted molar refractivity (Wildman–Crippen MR) is 81.4 cm³/mol. The van der Waals surface area contributed by atoms with Crippen molar-refractivity contribution in [1.82, 2.24) is 4.98 Å². The van der Waals surface area contributed by atoms with Crippen LogP contribution in [-0.4, -0.2) is 29.1 Å². The number of aryl methyl sites for hydroxylation is 2. The maximum atomic E-state index is 9.01. The third-order valence-corrected chi connectivity index (χ3v) is 4.16. The van der Waals surface area contributed by atoms with Crippen LogP contribution in [0.15, 0.2) is 11.2 Å². The van der Waals surface area contributed by atoms with E-state index in [0.717, 1.165) is 35.7 Å². The van der Waals surface area contributed by atoms with Gasteiger partial charge in [-0.2, -0.15) is 0 Å². The van der Waals surface area contributed by atoms with Gasteiger partial charge in [0.15, 0.2) is 5.84 Å². The fourth-order valence-corrected chi connectivity index (χ4v) is 2.94. The normalized spacial score (nSPS) is 19.9. The van der Waals surface area contributed by atoms with E-state index < -0.39 is 0 Å². The summed E-state index contributed by atoms with van der Waals surface area (Å²) in [6.07, 6.45) is 1.17. The van der Waals surface area contributed by atoms with E-state index in [4.69, 9.17) is 10.9 Å². The van der Waals surface area contributed by atoms with Crippen molar-refractivity contribution < 1.29 is 5.21 Å². The maximum Gasteiger partial charge on any atom is 0.174 e. The quantitative estimate of drug-likeness (QED) is 0.384. The van der Waals surface area contributed by atoms with Gasteiger partial charge in [0.2, 0.25) is 0 Å². The highest BCUT2D eigenvalue weighted by Gasteiger charge is 2.28. The second-order valence-corrected chi connectivity index (χ2v) is 6.00. The molecule has 3 N–H and O–H groups in total. The molecule has 1 aromatic rings. The smallest absolute Gasteiger partial charge is 0.174 e. The second kappa shape index (κ2) is 5.69. The number of amidine groups is 1. The summed E-state index contributed by atoms with van der Waals surface area (Å²) in [6, 6.07) is 1.97. The maximum absolute atomic E-state index is 9.01. The minimum Gasteiger partial charge on any atom is -0.409 e. The van der Waals surface area contributed by atoms with Crippen molar-refractivity contribution in [2.75, 3.05) is 18.0 Å². The number of rotatable bonds is 3. The van der Waals surface area contributed by atoms with Crippen molar-refractivity contribution >= 4 is 11.7 Å². The zero-order chi connectivity index (χ0) is 14.9. The van der Waals surface area contributed by atoms with Gasteiger partial charge in [0, 0.05) is 18.8 Å². The Morgan fingerprint density at radius 3 is 2.75 bits per heavy atom. The lowest BCUT2D eigenvalue weighted by Gasteiger charge is -2.23. The summed E-state index contributed by atoms with van der Waals surface area (Å²) >= 11 is 0. The largest absolute Gasteiger partial charge is 0.409 e. The molecule has 1 aromatic heterocycles. The fourth-order valence-electron chi connectivity index (χ4n) is 2.94. The van der Waals surface area contributed by atoms with Gasteiger partial charge in [0.25, 0.3) is 0 Å². The molecule has 1 aliphatic heterocycles. The number of oxime groups is 1. The van der Waals surface area contributed by atoms with Gasteiger partial charge in [0.05, 0.1) is 5.56 Å². The highest BCUT2D eigenvalue weighted by Crippen LogP contribution is 2.30. The lowest BCUT2D eigenvalue weighted by atomic mass is 9.95. The molecule has 2 rings (SSSR count). The molecule has 0 spiro atoms. The van der Waals surface area contributed by atoms with Gasteiger partial charge in [-0.3, -0.25) is 0 Å². The van der Waals surface area contributed by atoms with Crippen LogP contribution in [0.4, 0.5) is 5.82 Å². The summed E-state index contributed by atoms with van der Waals surface area (Å²) in [7, 11) is 0. The Kier molecular flexibility index (Phi) is 4.16. The van der Waals surface area contributed by atoms with Crippen LogP contribution in [0.25, 0.3) is 0 Å². The van der Waals surface area contributed by atoms with Gasteiger partial charge in [-0.05, 0) is 43.7 Å². The SMILES string of the molecule is Cc1cc(C)c(/C(N)=N/O)c(N2CCC(C(C)C)C2)n1. The van der Waals surface area contributed by atoms with E-state index in [0.29, 0.717) is 11.8 Å². The Labute approximate surface area is 120 Å². The third kappa shape index (κ3) is 2.71. The van der Waals surface area contributed by atoms with E-state index in [-0.39, 0.29) is 5.84 Å². The standard InChI is InChI=1S/C15H24N4O/c1-9(2)12-5-6-19(8-12)15-13(14(16)18-20)10(3)7-11(4)17-15/h7,9,12,20H,5-6,8H2,1-4H3,(H2,16,18). The van der Waals surface area contributed by atoms with Crippen LogP contribution < -0.4 is 10.6 Å². The molecule has 1 saturated heterocycles. The molecule has 1 unspecified atom stereocenters. The van der Waals surface area contributed by atoms with Crippen LogP contribution in [0.2, 0.25) is 0 Å². The summed E-state index contributed by atoms with van der Waals surface area (Å²) in [5, 5.41) is 12.2. The number of anilines is 1. The van der Waals surface area contributed by atoms with Gasteiger partial charge >= 0.3 is 0 Å². The Bertz CT molecular complexity index is 525. The van der Waals surface area contributed by atoms with Gasteiger partial charge < -0.3 is 15.8 Å². The molecule has 20 heavy (non-hydrogen) atoms. The van der Waals surface area contributed by atoms with Crippen molar-refractivity contribution in [1.29, 1.82) is 0 Å². The number of nitrogens with zero attached hydrogens (tertiary/aromatic N) is 3. The number of hydrogen-bond acceptors (Lipinski definition) is 4. The van der Waals surface area contributed by atoms with Gasteiger partial charge in [0.1, 0.15) is 5.82 Å². The zero-order valence-electron chi connectivity index (χ0n) is 12.7. The Hall–Kier alpha value is -1.78. The van der Waals surface area contributed by atoms with Gasteiger partial charge in [-0.15, -0.1) is 0 Å². The highest BCUT2D eigenvalue weighted by molar-refractivity contribution is 6.02. The van der Waals surface area contributed by atoms with Crippen LogP contribution in [-0.2, 0) is 0 Å². The number of hydrogen-bond donors (Lipinski definition) is 2. The van der Waals surface area contributed by atoms with Crippen LogP contribution >= 0.6 is 0 Å². The molecule has 0 saturated carbocycles. The van der Waals surface area contributed by atoms with Crippen molar-refractivity contribution in [3.05, 3.63) is 22.9 Å². The average molecular weight is 276 g/mol. The van der Waals surface area contributed by atoms with E-state index in [1.54, 1.807) is 0 Å². The first-order chi connectivity index (χ1) is 9.43. The highest BCUT2D eigenvalue weighted by atomic mass is 16.4. The number of nitrogens with two attached hydrogens (primary N) is 1. The lowest BCUT2D eigenvalue weighted by molar-refractivity contribution is 0.318. The Morgan fingerprint density at radius 2 is 2.20 bits per heavy atom. The Balaban J connectivity index is 2.41. The summed E-state index contributed by atoms with van der Waals surface area (Å²) < 4.78 is 0. The van der Waals surface area contributed by atoms with Crippen molar-refractivity contribution in [3.8, 4) is 0 Å². The number of pyridine rings is 1. The van der Waals surface area contributed by atoms with Crippen LogP contribution in [0, 0.1) is 25.7 Å². The molecule has 0 radical (unpaired) electrons.